The van der Waals surface area contributed by atoms with Crippen molar-refractivity contribution in [3.8, 4) is 11.1 Å². The second kappa shape index (κ2) is 14.2. The van der Waals surface area contributed by atoms with Gasteiger partial charge in [0.15, 0.2) is 0 Å². The van der Waals surface area contributed by atoms with Crippen molar-refractivity contribution in [3.63, 3.8) is 0 Å². The maximum atomic E-state index is 13.5. The molecule has 7 nitrogen and oxygen atoms in total. The van der Waals surface area contributed by atoms with Crippen LogP contribution in [-0.4, -0.2) is 31.4 Å². The molecule has 1 aromatic heterocycles. The summed E-state index contributed by atoms with van der Waals surface area (Å²) in [5, 5.41) is 0. The van der Waals surface area contributed by atoms with Crippen molar-refractivity contribution in [1.82, 2.24) is 9.79 Å². The minimum absolute atomic E-state index is 0.0980. The molecule has 0 aliphatic rings. The Hall–Kier alpha value is -4.00. The molecule has 4 rings (SSSR count). The Kier molecular flexibility index (Phi) is 10.6. The maximum absolute atomic E-state index is 13.5. The molecule has 232 valence electrons. The fraction of sp³-hybridized carbons (Fsp3) is 0.250. The number of benzene rings is 3. The zero-order chi connectivity index (χ0) is 31.9. The number of alkyl halides is 3. The molecule has 0 unspecified atom stereocenters. The van der Waals surface area contributed by atoms with Crippen molar-refractivity contribution in [2.75, 3.05) is 0 Å². The van der Waals surface area contributed by atoms with Gasteiger partial charge in [0.25, 0.3) is 10.0 Å². The van der Waals surface area contributed by atoms with Crippen LogP contribution in [0.3, 0.4) is 0 Å². The third-order valence-electron chi connectivity index (χ3n) is 6.48. The van der Waals surface area contributed by atoms with Crippen LogP contribution in [0.4, 0.5) is 13.2 Å². The Morgan fingerprint density at radius 1 is 0.864 bits per heavy atom. The van der Waals surface area contributed by atoms with Gasteiger partial charge in [0.1, 0.15) is 4.21 Å². The SMILES string of the molecule is CC(C)Cc1cc(-c2ccc(CC(=O)N(Cc3ccccc3)Cc3ccccc3)cc2)c(S(=O)(=O)NOC(=O)C(F)(F)F)s1. The average Bonchev–Trinajstić information content (AvgIpc) is 3.40. The van der Waals surface area contributed by atoms with Crippen LogP contribution in [0.25, 0.3) is 11.1 Å². The number of carbonyl (C=O) groups excluding carboxylic acids is 2. The van der Waals surface area contributed by atoms with E-state index in [1.165, 1.54) is 4.89 Å². The molecule has 0 fully saturated rings. The molecule has 0 atom stereocenters. The highest BCUT2D eigenvalue weighted by Crippen LogP contribution is 2.36. The van der Waals surface area contributed by atoms with E-state index in [9.17, 15) is 31.2 Å². The Balaban J connectivity index is 1.56. The Morgan fingerprint density at radius 3 is 1.91 bits per heavy atom. The van der Waals surface area contributed by atoms with Crippen LogP contribution < -0.4 is 4.89 Å². The van der Waals surface area contributed by atoms with E-state index >= 15 is 0 Å². The van der Waals surface area contributed by atoms with Crippen molar-refractivity contribution < 1.29 is 36.0 Å². The molecule has 0 saturated carbocycles. The monoisotopic (exact) mass is 644 g/mol. The van der Waals surface area contributed by atoms with Crippen LogP contribution in [0.2, 0.25) is 0 Å². The summed E-state index contributed by atoms with van der Waals surface area (Å²) in [7, 11) is -4.64. The number of nitrogens with one attached hydrogen (secondary N) is 1. The first-order valence-corrected chi connectivity index (χ1v) is 16.0. The van der Waals surface area contributed by atoms with Crippen LogP contribution in [0.15, 0.2) is 95.2 Å². The first-order chi connectivity index (χ1) is 20.8. The highest BCUT2D eigenvalue weighted by atomic mass is 32.2. The number of rotatable bonds is 12. The number of nitrogens with zero attached hydrogens (tertiary/aromatic N) is 1. The molecule has 1 heterocycles. The zero-order valence-electron chi connectivity index (χ0n) is 24.0. The van der Waals surface area contributed by atoms with Gasteiger partial charge in [-0.1, -0.05) is 98.8 Å². The fourth-order valence-electron chi connectivity index (χ4n) is 4.44. The van der Waals surface area contributed by atoms with Gasteiger partial charge in [-0.2, -0.15) is 13.2 Å². The Morgan fingerprint density at radius 2 is 1.41 bits per heavy atom. The van der Waals surface area contributed by atoms with Gasteiger partial charge >= 0.3 is 12.1 Å². The summed E-state index contributed by atoms with van der Waals surface area (Å²) >= 11 is 0.885. The average molecular weight is 645 g/mol. The molecule has 0 aliphatic carbocycles. The highest BCUT2D eigenvalue weighted by molar-refractivity contribution is 7.91. The van der Waals surface area contributed by atoms with Gasteiger partial charge in [0.2, 0.25) is 5.91 Å². The van der Waals surface area contributed by atoms with Gasteiger partial charge in [-0.3, -0.25) is 4.79 Å². The van der Waals surface area contributed by atoms with Crippen molar-refractivity contribution in [2.45, 2.75) is 50.2 Å². The maximum Gasteiger partial charge on any atom is 0.492 e. The summed E-state index contributed by atoms with van der Waals surface area (Å²) in [6, 6.07) is 27.7. The van der Waals surface area contributed by atoms with Gasteiger partial charge in [-0.25, -0.2) is 13.2 Å². The molecule has 0 spiro atoms. The standard InChI is InChI=1S/C32H31F3N2O5S2/c1-22(2)17-27-19-28(30(43-27)44(40,41)36-42-31(39)32(33,34)35)26-15-13-23(14-16-26)18-29(38)37(20-24-9-5-3-6-10-24)21-25-11-7-4-8-12-25/h3-16,19,22,36H,17-18,20-21H2,1-2H3. The molecule has 44 heavy (non-hydrogen) atoms. The highest BCUT2D eigenvalue weighted by Gasteiger charge is 2.42. The van der Waals surface area contributed by atoms with Crippen molar-refractivity contribution >= 4 is 33.2 Å². The predicted molar refractivity (Wildman–Crippen MR) is 162 cm³/mol. The molecule has 0 radical (unpaired) electrons. The van der Waals surface area contributed by atoms with E-state index in [0.29, 0.717) is 35.5 Å². The summed E-state index contributed by atoms with van der Waals surface area (Å²) in [4.78, 5) is 32.2. The van der Waals surface area contributed by atoms with Crippen molar-refractivity contribution in [2.24, 2.45) is 5.92 Å². The second-order valence-electron chi connectivity index (χ2n) is 10.6. The molecule has 0 aliphatic heterocycles. The Bertz CT molecular complexity index is 1630. The van der Waals surface area contributed by atoms with E-state index in [2.05, 4.69) is 4.84 Å². The lowest BCUT2D eigenvalue weighted by Gasteiger charge is -2.23. The summed E-state index contributed by atoms with van der Waals surface area (Å²) in [5.41, 5.74) is 3.40. The summed E-state index contributed by atoms with van der Waals surface area (Å²) < 4.78 is 63.4. The number of carbonyl (C=O) groups is 2. The molecule has 4 aromatic rings. The largest absolute Gasteiger partial charge is 0.492 e. The van der Waals surface area contributed by atoms with Crippen LogP contribution in [0, 0.1) is 5.92 Å². The smallest absolute Gasteiger partial charge is 0.348 e. The van der Waals surface area contributed by atoms with Gasteiger partial charge < -0.3 is 9.74 Å². The second-order valence-corrected chi connectivity index (χ2v) is 13.6. The number of hydrogen-bond donors (Lipinski definition) is 1. The lowest BCUT2D eigenvalue weighted by atomic mass is 10.0. The summed E-state index contributed by atoms with van der Waals surface area (Å²) in [6.07, 6.45) is -4.74. The first kappa shape index (κ1) is 32.9. The van der Waals surface area contributed by atoms with Gasteiger partial charge in [-0.15, -0.1) is 11.3 Å². The number of amides is 1. The topological polar surface area (TPSA) is 92.8 Å². The first-order valence-electron chi connectivity index (χ1n) is 13.7. The lowest BCUT2D eigenvalue weighted by Crippen LogP contribution is -2.34. The summed E-state index contributed by atoms with van der Waals surface area (Å²) in [5.74, 6) is -2.60. The fourth-order valence-corrected chi connectivity index (χ4v) is 7.15. The normalized spacial score (nSPS) is 11.9. The molecule has 0 saturated heterocycles. The number of hydrogen-bond acceptors (Lipinski definition) is 6. The minimum Gasteiger partial charge on any atom is -0.348 e. The van der Waals surface area contributed by atoms with Crippen LogP contribution in [0.1, 0.15) is 35.4 Å². The van der Waals surface area contributed by atoms with Crippen molar-refractivity contribution in [3.05, 3.63) is 113 Å². The van der Waals surface area contributed by atoms with Crippen molar-refractivity contribution in [1.29, 1.82) is 0 Å². The van der Waals surface area contributed by atoms with Crippen LogP contribution in [0.5, 0.6) is 0 Å². The quantitative estimate of drug-likeness (QED) is 0.174. The number of sulfonamides is 1. The third-order valence-corrected chi connectivity index (χ3v) is 9.35. The molecular formula is C32H31F3N2O5S2. The Labute approximate surface area is 258 Å². The summed E-state index contributed by atoms with van der Waals surface area (Å²) in [6.45, 7) is 4.74. The van der Waals surface area contributed by atoms with E-state index in [4.69, 9.17) is 0 Å². The van der Waals surface area contributed by atoms with E-state index in [1.54, 1.807) is 35.2 Å². The van der Waals surface area contributed by atoms with Gasteiger partial charge in [0, 0.05) is 23.5 Å². The molecule has 1 N–H and O–H groups in total. The lowest BCUT2D eigenvalue weighted by molar-refractivity contribution is -0.203. The molecule has 12 heteroatoms. The number of thiophene rings is 1. The molecular weight excluding hydrogens is 613 g/mol. The van der Waals surface area contributed by atoms with E-state index in [-0.39, 0.29) is 28.0 Å². The van der Waals surface area contributed by atoms with Crippen LogP contribution in [-0.2, 0) is 50.4 Å². The molecule has 3 aromatic carbocycles. The van der Waals surface area contributed by atoms with E-state index < -0.39 is 22.2 Å². The van der Waals surface area contributed by atoms with Gasteiger partial charge in [0.05, 0.1) is 6.42 Å². The number of halogens is 3. The predicted octanol–water partition coefficient (Wildman–Crippen LogP) is 6.68. The third kappa shape index (κ3) is 9.01. The van der Waals surface area contributed by atoms with E-state index in [1.807, 2.05) is 74.5 Å². The van der Waals surface area contributed by atoms with Gasteiger partial charge in [-0.05, 0) is 45.5 Å². The van der Waals surface area contributed by atoms with Crippen LogP contribution >= 0.6 is 11.3 Å². The molecule has 0 bridgehead atoms. The zero-order valence-corrected chi connectivity index (χ0v) is 25.6. The van der Waals surface area contributed by atoms with E-state index in [0.717, 1.165) is 22.5 Å². The minimum atomic E-state index is -5.37. The molecule has 1 amide bonds.